The van der Waals surface area contributed by atoms with Crippen LogP contribution in [0, 0.1) is 6.92 Å². The summed E-state index contributed by atoms with van der Waals surface area (Å²) in [6, 6.07) is 10.2. The number of thiophene rings is 1. The number of aromatic nitrogens is 4. The van der Waals surface area contributed by atoms with Crippen LogP contribution in [-0.2, 0) is 13.1 Å². The summed E-state index contributed by atoms with van der Waals surface area (Å²) in [5, 5.41) is 3.15. The predicted molar refractivity (Wildman–Crippen MR) is 102 cm³/mol. The van der Waals surface area contributed by atoms with Gasteiger partial charge in [-0.15, -0.1) is 11.3 Å². The van der Waals surface area contributed by atoms with Crippen LogP contribution in [0.25, 0.3) is 21.3 Å². The van der Waals surface area contributed by atoms with Crippen LogP contribution < -0.4 is 10.5 Å². The Morgan fingerprint density at radius 1 is 1.15 bits per heavy atom. The Kier molecular flexibility index (Phi) is 3.36. The van der Waals surface area contributed by atoms with Gasteiger partial charge < -0.3 is 9.88 Å². The molecule has 4 aromatic rings. The molecule has 0 aliphatic carbocycles. The molecule has 0 bridgehead atoms. The number of H-pyrrole nitrogens is 1. The quantitative estimate of drug-likeness (QED) is 0.593. The van der Waals surface area contributed by atoms with Gasteiger partial charge in [0.25, 0.3) is 5.56 Å². The van der Waals surface area contributed by atoms with Crippen molar-refractivity contribution >= 4 is 27.4 Å². The van der Waals surface area contributed by atoms with E-state index in [2.05, 4.69) is 42.3 Å². The second-order valence-electron chi connectivity index (χ2n) is 6.33. The monoisotopic (exact) mass is 361 g/mol. The fourth-order valence-electron chi connectivity index (χ4n) is 3.47. The van der Waals surface area contributed by atoms with Crippen LogP contribution in [0.5, 0.6) is 0 Å². The van der Waals surface area contributed by atoms with Crippen molar-refractivity contribution in [1.29, 1.82) is 0 Å². The van der Waals surface area contributed by atoms with Crippen molar-refractivity contribution in [1.82, 2.24) is 19.9 Å². The van der Waals surface area contributed by atoms with Gasteiger partial charge in [-0.2, -0.15) is 0 Å². The SMILES string of the molecule is Cc1nc2c(c(=O)[nH]1)CN(c1ncnc3scc(-c4ccccc4)c13)C2. The van der Waals surface area contributed by atoms with Crippen LogP contribution in [-0.4, -0.2) is 19.9 Å². The van der Waals surface area contributed by atoms with Crippen LogP contribution in [0.1, 0.15) is 17.1 Å². The first-order valence-electron chi connectivity index (χ1n) is 8.32. The zero-order valence-corrected chi connectivity index (χ0v) is 14.9. The molecule has 0 fully saturated rings. The maximum absolute atomic E-state index is 12.3. The lowest BCUT2D eigenvalue weighted by molar-refractivity contribution is 0.849. The fourth-order valence-corrected chi connectivity index (χ4v) is 4.38. The van der Waals surface area contributed by atoms with Crippen LogP contribution in [0.2, 0.25) is 0 Å². The third-order valence-corrected chi connectivity index (χ3v) is 5.53. The van der Waals surface area contributed by atoms with Gasteiger partial charge in [0.15, 0.2) is 0 Å². The van der Waals surface area contributed by atoms with Crippen molar-refractivity contribution in [3.8, 4) is 11.1 Å². The number of nitrogens with zero attached hydrogens (tertiary/aromatic N) is 4. The summed E-state index contributed by atoms with van der Waals surface area (Å²) in [6.45, 7) is 2.89. The van der Waals surface area contributed by atoms with E-state index in [1.807, 2.05) is 18.2 Å². The summed E-state index contributed by atoms with van der Waals surface area (Å²) in [4.78, 5) is 31.6. The van der Waals surface area contributed by atoms with Gasteiger partial charge in [0.1, 0.15) is 22.8 Å². The van der Waals surface area contributed by atoms with Crippen molar-refractivity contribution in [2.45, 2.75) is 20.0 Å². The molecule has 1 aromatic carbocycles. The highest BCUT2D eigenvalue weighted by Crippen LogP contribution is 2.39. The smallest absolute Gasteiger partial charge is 0.256 e. The minimum absolute atomic E-state index is 0.0612. The molecule has 1 aliphatic rings. The van der Waals surface area contributed by atoms with Gasteiger partial charge in [0.2, 0.25) is 0 Å². The summed E-state index contributed by atoms with van der Waals surface area (Å²) >= 11 is 1.61. The normalized spacial score (nSPS) is 13.3. The van der Waals surface area contributed by atoms with E-state index >= 15 is 0 Å². The Labute approximate surface area is 153 Å². The van der Waals surface area contributed by atoms with Crippen LogP contribution in [0.3, 0.4) is 0 Å². The molecular formula is C19H15N5OS. The van der Waals surface area contributed by atoms with E-state index in [1.165, 1.54) is 0 Å². The number of hydrogen-bond acceptors (Lipinski definition) is 6. The van der Waals surface area contributed by atoms with Crippen molar-refractivity contribution in [2.75, 3.05) is 4.90 Å². The molecule has 0 spiro atoms. The largest absolute Gasteiger partial charge is 0.345 e. The van der Waals surface area contributed by atoms with E-state index in [0.29, 0.717) is 18.9 Å². The van der Waals surface area contributed by atoms with Crippen LogP contribution in [0.15, 0.2) is 46.8 Å². The summed E-state index contributed by atoms with van der Waals surface area (Å²) in [5.41, 5.74) is 3.75. The highest BCUT2D eigenvalue weighted by Gasteiger charge is 2.27. The molecule has 4 heterocycles. The standard InChI is InChI=1S/C19H15N5OS/c1-11-22-15-8-24(7-13(15)18(25)23-11)17-16-14(12-5-3-2-4-6-12)9-26-19(16)21-10-20-17/h2-6,9-10H,7-8H2,1H3,(H,22,23,25). The molecule has 1 aliphatic heterocycles. The van der Waals surface area contributed by atoms with E-state index in [-0.39, 0.29) is 5.56 Å². The summed E-state index contributed by atoms with van der Waals surface area (Å²) < 4.78 is 0. The lowest BCUT2D eigenvalue weighted by Crippen LogP contribution is -2.19. The number of benzene rings is 1. The molecular weight excluding hydrogens is 346 g/mol. The molecule has 0 amide bonds. The Hall–Kier alpha value is -3.06. The van der Waals surface area contributed by atoms with Gasteiger partial charge in [0, 0.05) is 10.9 Å². The average molecular weight is 361 g/mol. The molecule has 1 N–H and O–H groups in total. The number of anilines is 1. The second kappa shape index (κ2) is 5.74. The minimum Gasteiger partial charge on any atom is -0.345 e. The number of aromatic amines is 1. The lowest BCUT2D eigenvalue weighted by Gasteiger charge is -2.17. The molecule has 128 valence electrons. The van der Waals surface area contributed by atoms with Crippen molar-refractivity contribution in [3.63, 3.8) is 0 Å². The summed E-state index contributed by atoms with van der Waals surface area (Å²) in [6.07, 6.45) is 1.59. The first-order valence-corrected chi connectivity index (χ1v) is 9.20. The van der Waals surface area contributed by atoms with Gasteiger partial charge in [-0.1, -0.05) is 30.3 Å². The summed E-state index contributed by atoms with van der Waals surface area (Å²) in [7, 11) is 0. The Morgan fingerprint density at radius 3 is 2.85 bits per heavy atom. The second-order valence-corrected chi connectivity index (χ2v) is 7.18. The third-order valence-electron chi connectivity index (χ3n) is 4.64. The van der Waals surface area contributed by atoms with Gasteiger partial charge in [0.05, 0.1) is 29.7 Å². The highest BCUT2D eigenvalue weighted by atomic mass is 32.1. The average Bonchev–Trinajstić information content (AvgIpc) is 3.26. The van der Waals surface area contributed by atoms with E-state index in [1.54, 1.807) is 24.6 Å². The molecule has 7 heteroatoms. The third kappa shape index (κ3) is 2.32. The lowest BCUT2D eigenvalue weighted by atomic mass is 10.1. The van der Waals surface area contributed by atoms with E-state index < -0.39 is 0 Å². The molecule has 0 saturated carbocycles. The number of rotatable bonds is 2. The van der Waals surface area contributed by atoms with Crippen LogP contribution >= 0.6 is 11.3 Å². The van der Waals surface area contributed by atoms with Crippen molar-refractivity contribution < 1.29 is 0 Å². The molecule has 3 aromatic heterocycles. The number of nitrogens with one attached hydrogen (secondary N) is 1. The van der Waals surface area contributed by atoms with Crippen LogP contribution in [0.4, 0.5) is 5.82 Å². The van der Waals surface area contributed by atoms with E-state index in [4.69, 9.17) is 0 Å². The number of fused-ring (bicyclic) bond motifs is 2. The van der Waals surface area contributed by atoms with Crippen molar-refractivity contribution in [2.24, 2.45) is 0 Å². The molecule has 26 heavy (non-hydrogen) atoms. The topological polar surface area (TPSA) is 74.8 Å². The maximum Gasteiger partial charge on any atom is 0.256 e. The maximum atomic E-state index is 12.3. The molecule has 6 nitrogen and oxygen atoms in total. The Morgan fingerprint density at radius 2 is 2.00 bits per heavy atom. The Bertz CT molecular complexity index is 1180. The molecule has 0 unspecified atom stereocenters. The van der Waals surface area contributed by atoms with Gasteiger partial charge >= 0.3 is 0 Å². The summed E-state index contributed by atoms with van der Waals surface area (Å²) in [5.74, 6) is 1.49. The van der Waals surface area contributed by atoms with E-state index in [0.717, 1.165) is 38.4 Å². The van der Waals surface area contributed by atoms with Gasteiger partial charge in [-0.25, -0.2) is 15.0 Å². The highest BCUT2D eigenvalue weighted by molar-refractivity contribution is 7.17. The zero-order valence-electron chi connectivity index (χ0n) is 14.1. The first kappa shape index (κ1) is 15.2. The van der Waals surface area contributed by atoms with Gasteiger partial charge in [-0.05, 0) is 12.5 Å². The van der Waals surface area contributed by atoms with E-state index in [9.17, 15) is 4.79 Å². The van der Waals surface area contributed by atoms with Gasteiger partial charge in [-0.3, -0.25) is 4.79 Å². The first-order chi connectivity index (χ1) is 12.7. The Balaban J connectivity index is 1.66. The number of hydrogen-bond donors (Lipinski definition) is 1. The minimum atomic E-state index is -0.0612. The molecule has 0 atom stereocenters. The zero-order chi connectivity index (χ0) is 17.7. The predicted octanol–water partition coefficient (Wildman–Crippen LogP) is 3.27. The molecule has 0 radical (unpaired) electrons. The van der Waals surface area contributed by atoms with Crippen molar-refractivity contribution in [3.05, 3.63) is 69.5 Å². The molecule has 0 saturated heterocycles. The number of aryl methyl sites for hydroxylation is 1. The molecule has 5 rings (SSSR count). The fraction of sp³-hybridized carbons (Fsp3) is 0.158.